The van der Waals surface area contributed by atoms with Crippen LogP contribution in [0.15, 0.2) is 33.3 Å². The lowest BCUT2D eigenvalue weighted by Crippen LogP contribution is -2.22. The first-order chi connectivity index (χ1) is 9.63. The second kappa shape index (κ2) is 5.65. The van der Waals surface area contributed by atoms with Crippen molar-refractivity contribution in [3.63, 3.8) is 0 Å². The minimum atomic E-state index is -3.60. The van der Waals surface area contributed by atoms with Gasteiger partial charge in [0, 0.05) is 23.7 Å². The Morgan fingerprint density at radius 3 is 2.90 bits per heavy atom. The van der Waals surface area contributed by atoms with E-state index in [0.717, 1.165) is 4.88 Å². The summed E-state index contributed by atoms with van der Waals surface area (Å²) in [5.74, 6) is 0.634. The highest BCUT2D eigenvalue weighted by atomic mass is 32.2. The molecular formula is C12H15N3O3S2. The minimum Gasteiger partial charge on any atom is -0.447 e. The van der Waals surface area contributed by atoms with Gasteiger partial charge in [0.15, 0.2) is 0 Å². The Labute approximate surface area is 121 Å². The SMILES string of the molecule is O=S(=O)(NCc1cncs1)c1ccc(CNC2CC2)o1. The van der Waals surface area contributed by atoms with E-state index in [1.54, 1.807) is 17.8 Å². The van der Waals surface area contributed by atoms with Crippen molar-refractivity contribution in [2.45, 2.75) is 37.1 Å². The maximum Gasteiger partial charge on any atom is 0.274 e. The fourth-order valence-electron chi connectivity index (χ4n) is 1.70. The summed E-state index contributed by atoms with van der Waals surface area (Å²) in [6, 6.07) is 3.74. The molecule has 1 aliphatic carbocycles. The van der Waals surface area contributed by atoms with Crippen LogP contribution in [-0.2, 0) is 23.1 Å². The Morgan fingerprint density at radius 1 is 1.35 bits per heavy atom. The van der Waals surface area contributed by atoms with E-state index in [0.29, 0.717) is 18.3 Å². The van der Waals surface area contributed by atoms with Crippen LogP contribution in [0.5, 0.6) is 0 Å². The number of nitrogens with zero attached hydrogens (tertiary/aromatic N) is 1. The van der Waals surface area contributed by atoms with E-state index >= 15 is 0 Å². The molecule has 3 rings (SSSR count). The zero-order chi connectivity index (χ0) is 14.0. The first kappa shape index (κ1) is 13.7. The van der Waals surface area contributed by atoms with Gasteiger partial charge >= 0.3 is 0 Å². The lowest BCUT2D eigenvalue weighted by molar-refractivity contribution is 0.399. The van der Waals surface area contributed by atoms with Gasteiger partial charge in [-0.3, -0.25) is 4.98 Å². The standard InChI is InChI=1S/C12H15N3O3S2/c16-20(17,15-7-11-6-13-8-19-11)12-4-3-10(18-12)5-14-9-1-2-9/h3-4,6,8-9,14-15H,1-2,5,7H2. The number of sulfonamides is 1. The normalized spacial score (nSPS) is 15.6. The van der Waals surface area contributed by atoms with E-state index in [4.69, 9.17) is 4.42 Å². The molecule has 0 radical (unpaired) electrons. The largest absolute Gasteiger partial charge is 0.447 e. The average molecular weight is 313 g/mol. The van der Waals surface area contributed by atoms with Crippen molar-refractivity contribution in [2.24, 2.45) is 0 Å². The lowest BCUT2D eigenvalue weighted by Gasteiger charge is -2.02. The summed E-state index contributed by atoms with van der Waals surface area (Å²) in [5, 5.41) is 3.23. The summed E-state index contributed by atoms with van der Waals surface area (Å²) in [5.41, 5.74) is 1.66. The van der Waals surface area contributed by atoms with Gasteiger partial charge in [0.1, 0.15) is 5.76 Å². The molecule has 1 fully saturated rings. The van der Waals surface area contributed by atoms with Crippen LogP contribution in [0.1, 0.15) is 23.5 Å². The van der Waals surface area contributed by atoms with E-state index in [9.17, 15) is 8.42 Å². The highest BCUT2D eigenvalue weighted by molar-refractivity contribution is 7.89. The monoisotopic (exact) mass is 313 g/mol. The fourth-order valence-corrected chi connectivity index (χ4v) is 3.27. The van der Waals surface area contributed by atoms with Crippen LogP contribution in [0.3, 0.4) is 0 Å². The maximum atomic E-state index is 12.1. The number of thiazole rings is 1. The summed E-state index contributed by atoms with van der Waals surface area (Å²) in [6.45, 7) is 0.790. The fraction of sp³-hybridized carbons (Fsp3) is 0.417. The predicted octanol–water partition coefficient (Wildman–Crippen LogP) is 1.47. The van der Waals surface area contributed by atoms with Crippen molar-refractivity contribution in [3.05, 3.63) is 34.5 Å². The molecule has 6 nitrogen and oxygen atoms in total. The third-order valence-electron chi connectivity index (χ3n) is 2.96. The van der Waals surface area contributed by atoms with Crippen LogP contribution in [0.25, 0.3) is 0 Å². The molecule has 0 spiro atoms. The highest BCUT2D eigenvalue weighted by Gasteiger charge is 2.22. The number of hydrogen-bond acceptors (Lipinski definition) is 6. The van der Waals surface area contributed by atoms with E-state index in [-0.39, 0.29) is 11.6 Å². The highest BCUT2D eigenvalue weighted by Crippen LogP contribution is 2.20. The molecule has 20 heavy (non-hydrogen) atoms. The predicted molar refractivity (Wildman–Crippen MR) is 74.7 cm³/mol. The summed E-state index contributed by atoms with van der Waals surface area (Å²) in [7, 11) is -3.60. The van der Waals surface area contributed by atoms with Crippen LogP contribution < -0.4 is 10.0 Å². The van der Waals surface area contributed by atoms with E-state index in [1.165, 1.54) is 30.2 Å². The van der Waals surface area contributed by atoms with Gasteiger partial charge in [-0.2, -0.15) is 0 Å². The number of furan rings is 1. The Hall–Kier alpha value is -1.22. The Morgan fingerprint density at radius 2 is 2.20 bits per heavy atom. The lowest BCUT2D eigenvalue weighted by atomic mass is 10.4. The van der Waals surface area contributed by atoms with Crippen LogP contribution in [0.4, 0.5) is 0 Å². The molecule has 8 heteroatoms. The first-order valence-corrected chi connectivity index (χ1v) is 8.69. The van der Waals surface area contributed by atoms with Gasteiger partial charge in [0.25, 0.3) is 10.0 Å². The molecule has 108 valence electrons. The molecule has 1 aliphatic rings. The zero-order valence-electron chi connectivity index (χ0n) is 10.7. The summed E-state index contributed by atoms with van der Waals surface area (Å²) in [4.78, 5) is 4.76. The van der Waals surface area contributed by atoms with Gasteiger partial charge in [-0.05, 0) is 25.0 Å². The Bertz CT molecular complexity index is 660. The van der Waals surface area contributed by atoms with Crippen molar-refractivity contribution < 1.29 is 12.8 Å². The maximum absolute atomic E-state index is 12.1. The number of rotatable bonds is 7. The van der Waals surface area contributed by atoms with E-state index < -0.39 is 10.0 Å². The Balaban J connectivity index is 1.61. The van der Waals surface area contributed by atoms with Gasteiger partial charge in [-0.25, -0.2) is 13.1 Å². The Kier molecular flexibility index (Phi) is 3.88. The van der Waals surface area contributed by atoms with Gasteiger partial charge in [-0.15, -0.1) is 11.3 Å². The van der Waals surface area contributed by atoms with Crippen LogP contribution >= 0.6 is 11.3 Å². The summed E-state index contributed by atoms with van der Waals surface area (Å²) in [6.07, 6.45) is 4.00. The molecule has 0 aromatic carbocycles. The van der Waals surface area contributed by atoms with E-state index in [1.807, 2.05) is 0 Å². The third-order valence-corrected chi connectivity index (χ3v) is 5.02. The first-order valence-electron chi connectivity index (χ1n) is 6.32. The van der Waals surface area contributed by atoms with Crippen LogP contribution in [0, 0.1) is 0 Å². The summed E-state index contributed by atoms with van der Waals surface area (Å²) < 4.78 is 32.0. The van der Waals surface area contributed by atoms with Crippen molar-refractivity contribution in [1.29, 1.82) is 0 Å². The topological polar surface area (TPSA) is 84.2 Å². The van der Waals surface area contributed by atoms with Gasteiger partial charge in [0.05, 0.1) is 12.1 Å². The van der Waals surface area contributed by atoms with Gasteiger partial charge < -0.3 is 9.73 Å². The van der Waals surface area contributed by atoms with Crippen molar-refractivity contribution in [3.8, 4) is 0 Å². The second-order valence-electron chi connectivity index (χ2n) is 4.67. The van der Waals surface area contributed by atoms with Crippen molar-refractivity contribution >= 4 is 21.4 Å². The summed E-state index contributed by atoms with van der Waals surface area (Å²) >= 11 is 1.40. The average Bonchev–Trinajstić information content (AvgIpc) is 2.94. The number of aromatic nitrogens is 1. The number of hydrogen-bond donors (Lipinski definition) is 2. The van der Waals surface area contributed by atoms with Gasteiger partial charge in [-0.1, -0.05) is 0 Å². The molecule has 0 unspecified atom stereocenters. The molecular weight excluding hydrogens is 298 g/mol. The molecule has 0 amide bonds. The van der Waals surface area contributed by atoms with Crippen LogP contribution in [0.2, 0.25) is 0 Å². The van der Waals surface area contributed by atoms with Crippen LogP contribution in [-0.4, -0.2) is 19.4 Å². The third kappa shape index (κ3) is 3.45. The smallest absolute Gasteiger partial charge is 0.274 e. The molecule has 0 atom stereocenters. The molecule has 2 aromatic heterocycles. The molecule has 2 heterocycles. The molecule has 0 saturated heterocycles. The quantitative estimate of drug-likeness (QED) is 0.808. The molecule has 2 N–H and O–H groups in total. The number of nitrogens with one attached hydrogen (secondary N) is 2. The molecule has 2 aromatic rings. The minimum absolute atomic E-state index is 0.0467. The van der Waals surface area contributed by atoms with Crippen molar-refractivity contribution in [2.75, 3.05) is 0 Å². The molecule has 0 bridgehead atoms. The molecule has 1 saturated carbocycles. The second-order valence-corrected chi connectivity index (χ2v) is 7.34. The van der Waals surface area contributed by atoms with Crippen molar-refractivity contribution in [1.82, 2.24) is 15.0 Å². The molecule has 0 aliphatic heterocycles. The van der Waals surface area contributed by atoms with Gasteiger partial charge in [0.2, 0.25) is 5.09 Å². The van der Waals surface area contributed by atoms with E-state index in [2.05, 4.69) is 15.0 Å². The zero-order valence-corrected chi connectivity index (χ0v) is 12.3.